The quantitative estimate of drug-likeness (QED) is 0.262. The fourth-order valence-corrected chi connectivity index (χ4v) is 0.715. The zero-order chi connectivity index (χ0) is 11.0. The van der Waals surface area contributed by atoms with E-state index in [1.165, 1.54) is 0 Å². The van der Waals surface area contributed by atoms with Crippen molar-refractivity contribution in [2.24, 2.45) is 0 Å². The van der Waals surface area contributed by atoms with Crippen LogP contribution in [0, 0.1) is 0 Å². The lowest BCUT2D eigenvalue weighted by atomic mass is 10.3. The van der Waals surface area contributed by atoms with Crippen molar-refractivity contribution in [2.75, 3.05) is 6.61 Å². The first-order valence-corrected chi connectivity index (χ1v) is 4.33. The molecule has 82 valence electrons. The summed E-state index contributed by atoms with van der Waals surface area (Å²) in [5, 5.41) is 16.7. The summed E-state index contributed by atoms with van der Waals surface area (Å²) in [6, 6.07) is 0. The smallest absolute Gasteiger partial charge is 0.348 e. The van der Waals surface area contributed by atoms with Gasteiger partial charge in [-0.3, -0.25) is 0 Å². The normalized spacial score (nSPS) is 10.4. The minimum atomic E-state index is -1.95. The number of aliphatic carboxylic acids is 2. The molecule has 0 unspecified atom stereocenters. The van der Waals surface area contributed by atoms with Gasteiger partial charge in [-0.25, -0.2) is 19.4 Å². The number of hydrogen-bond acceptors (Lipinski definition) is 4. The molecule has 0 radical (unpaired) electrons. The van der Waals surface area contributed by atoms with E-state index >= 15 is 0 Å². The fraction of sp³-hybridized carbons (Fsp3) is 0.750. The van der Waals surface area contributed by atoms with Crippen LogP contribution in [-0.4, -0.2) is 34.9 Å². The van der Waals surface area contributed by atoms with Crippen LogP contribution in [0.15, 0.2) is 0 Å². The molecule has 0 aromatic rings. The van der Waals surface area contributed by atoms with Gasteiger partial charge in [0.2, 0.25) is 0 Å². The van der Waals surface area contributed by atoms with Crippen LogP contribution in [0.3, 0.4) is 0 Å². The van der Waals surface area contributed by atoms with Gasteiger partial charge in [-0.2, -0.15) is 0 Å². The Morgan fingerprint density at radius 1 is 1.21 bits per heavy atom. The zero-order valence-corrected chi connectivity index (χ0v) is 7.93. The topological polar surface area (TPSA) is 93.1 Å². The van der Waals surface area contributed by atoms with E-state index in [4.69, 9.17) is 10.2 Å². The lowest BCUT2D eigenvalue weighted by Gasteiger charge is -2.07. The van der Waals surface area contributed by atoms with Crippen molar-refractivity contribution in [1.29, 1.82) is 0 Å². The predicted molar refractivity (Wildman–Crippen MR) is 45.6 cm³/mol. The van der Waals surface area contributed by atoms with Gasteiger partial charge in [-0.15, -0.1) is 0 Å². The second-order valence-electron chi connectivity index (χ2n) is 2.68. The second kappa shape index (κ2) is 7.28. The highest BCUT2D eigenvalue weighted by molar-refractivity contribution is 5.95. The Hall–Kier alpha value is -1.14. The summed E-state index contributed by atoms with van der Waals surface area (Å²) in [5.74, 6) is -3.15. The molecule has 0 aliphatic heterocycles. The van der Waals surface area contributed by atoms with Gasteiger partial charge >= 0.3 is 11.9 Å². The van der Waals surface area contributed by atoms with Gasteiger partial charge in [0.15, 0.2) is 0 Å². The van der Waals surface area contributed by atoms with Crippen molar-refractivity contribution in [3.63, 3.8) is 0 Å². The molecule has 0 aromatic carbocycles. The maximum absolute atomic E-state index is 10.3. The molecule has 0 atom stereocenters. The standard InChI is InChI=1S/C8H14O6/c1-2-3-4-5-13-14-6(7(9)10)8(11)12/h6H,2-5H2,1H3,(H,9,10)(H,11,12). The third kappa shape index (κ3) is 5.50. The van der Waals surface area contributed by atoms with Gasteiger partial charge in [-0.1, -0.05) is 19.8 Å². The molecule has 6 heteroatoms. The Balaban J connectivity index is 3.62. The van der Waals surface area contributed by atoms with Crippen molar-refractivity contribution in [3.8, 4) is 0 Å². The highest BCUT2D eigenvalue weighted by atomic mass is 17.2. The molecule has 0 fully saturated rings. The van der Waals surface area contributed by atoms with E-state index in [0.29, 0.717) is 6.42 Å². The third-order valence-corrected chi connectivity index (χ3v) is 1.44. The molecular weight excluding hydrogens is 192 g/mol. The average molecular weight is 206 g/mol. The number of hydrogen-bond donors (Lipinski definition) is 2. The van der Waals surface area contributed by atoms with Crippen molar-refractivity contribution < 1.29 is 29.6 Å². The van der Waals surface area contributed by atoms with Gasteiger partial charge in [0.25, 0.3) is 6.10 Å². The number of unbranched alkanes of at least 4 members (excludes halogenated alkanes) is 2. The van der Waals surface area contributed by atoms with Gasteiger partial charge in [-0.05, 0) is 6.42 Å². The SMILES string of the molecule is CCCCCOOC(C(=O)O)C(=O)O. The summed E-state index contributed by atoms with van der Waals surface area (Å²) in [6.07, 6.45) is 0.679. The minimum Gasteiger partial charge on any atom is -0.479 e. The van der Waals surface area contributed by atoms with Gasteiger partial charge < -0.3 is 10.2 Å². The summed E-state index contributed by atoms with van der Waals surface area (Å²) < 4.78 is 0. The van der Waals surface area contributed by atoms with Crippen LogP contribution in [0.25, 0.3) is 0 Å². The van der Waals surface area contributed by atoms with Crippen LogP contribution in [0.5, 0.6) is 0 Å². The van der Waals surface area contributed by atoms with Gasteiger partial charge in [0, 0.05) is 0 Å². The van der Waals surface area contributed by atoms with E-state index in [-0.39, 0.29) is 6.61 Å². The van der Waals surface area contributed by atoms with E-state index in [0.717, 1.165) is 12.8 Å². The Kier molecular flexibility index (Phi) is 6.69. The number of carbonyl (C=O) groups is 2. The lowest BCUT2D eigenvalue weighted by molar-refractivity contribution is -0.316. The number of rotatable bonds is 8. The van der Waals surface area contributed by atoms with Crippen LogP contribution < -0.4 is 0 Å². The summed E-state index contributed by atoms with van der Waals surface area (Å²) in [5.41, 5.74) is 0. The molecule has 0 aliphatic carbocycles. The summed E-state index contributed by atoms with van der Waals surface area (Å²) in [4.78, 5) is 29.2. The van der Waals surface area contributed by atoms with Gasteiger partial charge in [0.05, 0.1) is 6.61 Å². The molecule has 14 heavy (non-hydrogen) atoms. The molecule has 0 saturated heterocycles. The predicted octanol–water partition coefficient (Wildman–Crippen LogP) is 0.663. The van der Waals surface area contributed by atoms with Crippen molar-refractivity contribution in [1.82, 2.24) is 0 Å². The number of carboxylic acids is 2. The maximum atomic E-state index is 10.3. The van der Waals surface area contributed by atoms with Crippen LogP contribution in [0.4, 0.5) is 0 Å². The first-order valence-electron chi connectivity index (χ1n) is 4.33. The van der Waals surface area contributed by atoms with Crippen LogP contribution in [0.1, 0.15) is 26.2 Å². The molecule has 0 rings (SSSR count). The molecule has 0 aliphatic rings. The molecule has 0 spiro atoms. The molecule has 0 saturated carbocycles. The molecule has 0 amide bonds. The van der Waals surface area contributed by atoms with Crippen molar-refractivity contribution in [3.05, 3.63) is 0 Å². The van der Waals surface area contributed by atoms with E-state index in [2.05, 4.69) is 9.78 Å². The largest absolute Gasteiger partial charge is 0.479 e. The molecule has 0 heterocycles. The molecular formula is C8H14O6. The van der Waals surface area contributed by atoms with E-state index in [9.17, 15) is 9.59 Å². The van der Waals surface area contributed by atoms with E-state index < -0.39 is 18.0 Å². The summed E-state index contributed by atoms with van der Waals surface area (Å²) in [6.45, 7) is 2.20. The lowest BCUT2D eigenvalue weighted by Crippen LogP contribution is -2.32. The fourth-order valence-electron chi connectivity index (χ4n) is 0.715. The molecule has 2 N–H and O–H groups in total. The first kappa shape index (κ1) is 12.9. The zero-order valence-electron chi connectivity index (χ0n) is 7.93. The van der Waals surface area contributed by atoms with Gasteiger partial charge in [0.1, 0.15) is 0 Å². The molecule has 6 nitrogen and oxygen atoms in total. The molecule has 0 aromatic heterocycles. The summed E-state index contributed by atoms with van der Waals surface area (Å²) in [7, 11) is 0. The monoisotopic (exact) mass is 206 g/mol. The Bertz CT molecular complexity index is 176. The minimum absolute atomic E-state index is 0.199. The maximum Gasteiger partial charge on any atom is 0.348 e. The van der Waals surface area contributed by atoms with Crippen LogP contribution in [0.2, 0.25) is 0 Å². The second-order valence-corrected chi connectivity index (χ2v) is 2.68. The Morgan fingerprint density at radius 3 is 2.21 bits per heavy atom. The number of carboxylic acid groups (broad SMARTS) is 2. The third-order valence-electron chi connectivity index (χ3n) is 1.44. The van der Waals surface area contributed by atoms with Crippen LogP contribution >= 0.6 is 0 Å². The van der Waals surface area contributed by atoms with Crippen molar-refractivity contribution in [2.45, 2.75) is 32.3 Å². The summed E-state index contributed by atoms with van der Waals surface area (Å²) >= 11 is 0. The van der Waals surface area contributed by atoms with E-state index in [1.54, 1.807) is 0 Å². The van der Waals surface area contributed by atoms with E-state index in [1.807, 2.05) is 6.92 Å². The first-order chi connectivity index (χ1) is 6.59. The molecule has 0 bridgehead atoms. The van der Waals surface area contributed by atoms with Crippen LogP contribution in [-0.2, 0) is 19.4 Å². The highest BCUT2D eigenvalue weighted by Gasteiger charge is 2.27. The Labute approximate surface area is 81.4 Å². The highest BCUT2D eigenvalue weighted by Crippen LogP contribution is 1.98. The Morgan fingerprint density at radius 2 is 1.79 bits per heavy atom. The van der Waals surface area contributed by atoms with Crippen molar-refractivity contribution >= 4 is 11.9 Å². The average Bonchev–Trinajstić information content (AvgIpc) is 2.09.